The number of carbonyl (C=O) groups is 1. The van der Waals surface area contributed by atoms with Crippen molar-refractivity contribution in [3.8, 4) is 9.88 Å². The molecule has 0 saturated heterocycles. The van der Waals surface area contributed by atoms with Crippen molar-refractivity contribution in [2.75, 3.05) is 18.8 Å². The molecule has 0 bridgehead atoms. The largest absolute Gasteiger partial charge is 0.351 e. The number of amides is 1. The van der Waals surface area contributed by atoms with Gasteiger partial charge >= 0.3 is 0 Å². The Bertz CT molecular complexity index is 770. The molecule has 0 spiro atoms. The van der Waals surface area contributed by atoms with Crippen molar-refractivity contribution >= 4 is 54.5 Å². The molecule has 0 aliphatic carbocycles. The molecule has 10 heteroatoms. The van der Waals surface area contributed by atoms with E-state index in [0.717, 1.165) is 14.4 Å². The highest BCUT2D eigenvalue weighted by Gasteiger charge is 2.12. The average Bonchev–Trinajstić information content (AvgIpc) is 3.15. The second-order valence-electron chi connectivity index (χ2n) is 4.57. The summed E-state index contributed by atoms with van der Waals surface area (Å²) in [5.74, 6) is -0.193. The standard InChI is InChI=1S/C13H16BrN3O3S3/c1-2-23(19,20)16-5-3-4-15-12(18)10-8-22-13(17-10)11-6-9(14)7-21-11/h6-8,16H,2-5H2,1H3,(H,15,18). The van der Waals surface area contributed by atoms with Crippen LogP contribution in [0.4, 0.5) is 0 Å². The summed E-state index contributed by atoms with van der Waals surface area (Å²) >= 11 is 6.37. The molecule has 0 aromatic carbocycles. The zero-order valence-corrected chi connectivity index (χ0v) is 16.4. The highest BCUT2D eigenvalue weighted by atomic mass is 79.9. The molecule has 6 nitrogen and oxygen atoms in total. The summed E-state index contributed by atoms with van der Waals surface area (Å²) in [7, 11) is -3.17. The molecule has 1 amide bonds. The monoisotopic (exact) mass is 437 g/mol. The summed E-state index contributed by atoms with van der Waals surface area (Å²) in [5, 5.41) is 7.23. The molecule has 126 valence electrons. The summed E-state index contributed by atoms with van der Waals surface area (Å²) in [6.07, 6.45) is 0.528. The van der Waals surface area contributed by atoms with Gasteiger partial charge in [-0.05, 0) is 35.3 Å². The molecule has 0 atom stereocenters. The van der Waals surface area contributed by atoms with Crippen molar-refractivity contribution in [2.45, 2.75) is 13.3 Å². The highest BCUT2D eigenvalue weighted by molar-refractivity contribution is 9.10. The first-order chi connectivity index (χ1) is 10.9. The number of hydrogen-bond acceptors (Lipinski definition) is 6. The lowest BCUT2D eigenvalue weighted by Crippen LogP contribution is -2.30. The van der Waals surface area contributed by atoms with Crippen LogP contribution in [0.25, 0.3) is 9.88 Å². The predicted octanol–water partition coefficient (Wildman–Crippen LogP) is 2.69. The Labute approximate surface area is 151 Å². The van der Waals surface area contributed by atoms with Crippen LogP contribution in [0.1, 0.15) is 23.8 Å². The fraction of sp³-hybridized carbons (Fsp3) is 0.385. The number of hydrogen-bond donors (Lipinski definition) is 2. The lowest BCUT2D eigenvalue weighted by Gasteiger charge is -2.05. The predicted molar refractivity (Wildman–Crippen MR) is 97.5 cm³/mol. The van der Waals surface area contributed by atoms with E-state index in [-0.39, 0.29) is 11.7 Å². The summed E-state index contributed by atoms with van der Waals surface area (Å²) in [6, 6.07) is 1.96. The number of rotatable bonds is 8. The van der Waals surface area contributed by atoms with Gasteiger partial charge in [-0.25, -0.2) is 18.1 Å². The number of thiophene rings is 1. The number of sulfonamides is 1. The smallest absolute Gasteiger partial charge is 0.270 e. The molecule has 0 fully saturated rings. The molecule has 2 N–H and O–H groups in total. The first-order valence-corrected chi connectivity index (χ1v) is 11.1. The van der Waals surface area contributed by atoms with E-state index in [0.29, 0.717) is 25.2 Å². The van der Waals surface area contributed by atoms with E-state index in [9.17, 15) is 13.2 Å². The van der Waals surface area contributed by atoms with Crippen LogP contribution in [0.15, 0.2) is 21.3 Å². The molecule has 0 aliphatic heterocycles. The SMILES string of the molecule is CCS(=O)(=O)NCCCNC(=O)c1csc(-c2cc(Br)cs2)n1. The lowest BCUT2D eigenvalue weighted by molar-refractivity contribution is 0.0949. The molecule has 0 saturated carbocycles. The molecule has 0 radical (unpaired) electrons. The molecule has 2 aromatic rings. The Hall–Kier alpha value is -0.810. The van der Waals surface area contributed by atoms with Gasteiger partial charge in [0.25, 0.3) is 5.91 Å². The maximum Gasteiger partial charge on any atom is 0.270 e. The van der Waals surface area contributed by atoms with E-state index in [1.165, 1.54) is 11.3 Å². The molecule has 0 aliphatic rings. The maximum atomic E-state index is 12.0. The van der Waals surface area contributed by atoms with E-state index < -0.39 is 10.0 Å². The Morgan fingerprint density at radius 2 is 2.09 bits per heavy atom. The van der Waals surface area contributed by atoms with Gasteiger partial charge in [-0.15, -0.1) is 22.7 Å². The zero-order chi connectivity index (χ0) is 16.9. The quantitative estimate of drug-likeness (QED) is 0.621. The molecular weight excluding hydrogens is 422 g/mol. The van der Waals surface area contributed by atoms with E-state index in [4.69, 9.17) is 0 Å². The van der Waals surface area contributed by atoms with Crippen molar-refractivity contribution in [1.29, 1.82) is 0 Å². The summed E-state index contributed by atoms with van der Waals surface area (Å²) < 4.78 is 25.9. The number of thiazole rings is 1. The van der Waals surface area contributed by atoms with Gasteiger partial charge in [0, 0.05) is 28.3 Å². The minimum atomic E-state index is -3.17. The number of nitrogens with one attached hydrogen (secondary N) is 2. The van der Waals surface area contributed by atoms with Crippen LogP contribution in [0.3, 0.4) is 0 Å². The second kappa shape index (κ2) is 8.34. The van der Waals surface area contributed by atoms with E-state index in [2.05, 4.69) is 31.0 Å². The Morgan fingerprint density at radius 3 is 2.74 bits per heavy atom. The van der Waals surface area contributed by atoms with Crippen LogP contribution in [0.5, 0.6) is 0 Å². The molecule has 23 heavy (non-hydrogen) atoms. The third-order valence-electron chi connectivity index (χ3n) is 2.86. The normalized spacial score (nSPS) is 11.6. The van der Waals surface area contributed by atoms with Gasteiger partial charge in [0.2, 0.25) is 10.0 Å². The second-order valence-corrected chi connectivity index (χ2v) is 9.35. The van der Waals surface area contributed by atoms with Crippen molar-refractivity contribution in [2.24, 2.45) is 0 Å². The fourth-order valence-electron chi connectivity index (χ4n) is 1.63. The van der Waals surface area contributed by atoms with Crippen molar-refractivity contribution in [3.05, 3.63) is 27.0 Å². The topological polar surface area (TPSA) is 88.2 Å². The number of nitrogens with zero attached hydrogens (tertiary/aromatic N) is 1. The van der Waals surface area contributed by atoms with Crippen molar-refractivity contribution < 1.29 is 13.2 Å². The van der Waals surface area contributed by atoms with Crippen LogP contribution in [-0.2, 0) is 10.0 Å². The first-order valence-electron chi connectivity index (χ1n) is 6.87. The fourth-order valence-corrected chi connectivity index (χ4v) is 4.59. The van der Waals surface area contributed by atoms with Gasteiger partial charge in [0.1, 0.15) is 10.7 Å². The minimum absolute atomic E-state index is 0.0554. The zero-order valence-electron chi connectivity index (χ0n) is 12.3. The van der Waals surface area contributed by atoms with Gasteiger partial charge in [0.05, 0.1) is 10.6 Å². The number of aromatic nitrogens is 1. The molecular formula is C13H16BrN3O3S3. The van der Waals surface area contributed by atoms with Crippen LogP contribution < -0.4 is 10.0 Å². The Balaban J connectivity index is 1.79. The molecule has 2 rings (SSSR count). The molecule has 2 heterocycles. The highest BCUT2D eigenvalue weighted by Crippen LogP contribution is 2.31. The van der Waals surface area contributed by atoms with Gasteiger partial charge < -0.3 is 5.32 Å². The third kappa shape index (κ3) is 5.64. The lowest BCUT2D eigenvalue weighted by atomic mass is 10.4. The van der Waals surface area contributed by atoms with Crippen LogP contribution in [0, 0.1) is 0 Å². The number of halogens is 1. The van der Waals surface area contributed by atoms with Crippen LogP contribution >= 0.6 is 38.6 Å². The maximum absolute atomic E-state index is 12.0. The third-order valence-corrected chi connectivity index (χ3v) is 6.96. The summed E-state index contributed by atoms with van der Waals surface area (Å²) in [5.41, 5.74) is 0.378. The van der Waals surface area contributed by atoms with Crippen molar-refractivity contribution in [1.82, 2.24) is 15.0 Å². The minimum Gasteiger partial charge on any atom is -0.351 e. The Morgan fingerprint density at radius 1 is 1.30 bits per heavy atom. The van der Waals surface area contributed by atoms with Gasteiger partial charge in [-0.1, -0.05) is 0 Å². The molecule has 2 aromatic heterocycles. The van der Waals surface area contributed by atoms with Gasteiger partial charge in [-0.2, -0.15) is 0 Å². The molecule has 0 unspecified atom stereocenters. The van der Waals surface area contributed by atoms with E-state index >= 15 is 0 Å². The number of carbonyl (C=O) groups excluding carboxylic acids is 1. The first kappa shape index (κ1) is 18.5. The Kier molecular flexibility index (Phi) is 6.72. The van der Waals surface area contributed by atoms with Gasteiger partial charge in [0.15, 0.2) is 0 Å². The van der Waals surface area contributed by atoms with E-state index in [1.54, 1.807) is 23.6 Å². The summed E-state index contributed by atoms with van der Waals surface area (Å²) in [4.78, 5) is 17.3. The van der Waals surface area contributed by atoms with Crippen molar-refractivity contribution in [3.63, 3.8) is 0 Å². The van der Waals surface area contributed by atoms with E-state index in [1.807, 2.05) is 11.4 Å². The van der Waals surface area contributed by atoms with Crippen LogP contribution in [-0.4, -0.2) is 38.2 Å². The van der Waals surface area contributed by atoms with Gasteiger partial charge in [-0.3, -0.25) is 4.79 Å². The average molecular weight is 438 g/mol. The van der Waals surface area contributed by atoms with Crippen LogP contribution in [0.2, 0.25) is 0 Å². The summed E-state index contributed by atoms with van der Waals surface area (Å²) in [6.45, 7) is 2.28.